The van der Waals surface area contributed by atoms with E-state index in [1.54, 1.807) is 6.92 Å². The average Bonchev–Trinajstić information content (AvgIpc) is 1.87. The second kappa shape index (κ2) is 5.45. The lowest BCUT2D eigenvalue weighted by atomic mass is 10.3. The van der Waals surface area contributed by atoms with Gasteiger partial charge in [-0.1, -0.05) is 6.92 Å². The predicted molar refractivity (Wildman–Crippen MR) is 44.9 cm³/mol. The van der Waals surface area contributed by atoms with Gasteiger partial charge in [-0.3, -0.25) is 4.79 Å². The first kappa shape index (κ1) is 10.8. The molecule has 0 bridgehead atoms. The zero-order valence-electron chi connectivity index (χ0n) is 5.97. The van der Waals surface area contributed by atoms with Crippen LogP contribution in [0.3, 0.4) is 0 Å². The Morgan fingerprint density at radius 2 is 2.18 bits per heavy atom. The molecular weight excluding hydrogens is 266 g/mol. The van der Waals surface area contributed by atoms with Crippen molar-refractivity contribution in [2.24, 2.45) is 0 Å². The summed E-state index contributed by atoms with van der Waals surface area (Å²) in [6, 6.07) is 0. The summed E-state index contributed by atoms with van der Waals surface area (Å²) in [5.74, 6) is -1.79. The lowest BCUT2D eigenvalue weighted by Crippen LogP contribution is -2.17. The molecule has 64 valence electrons. The number of hydrogen-bond donors (Lipinski definition) is 0. The summed E-state index contributed by atoms with van der Waals surface area (Å²) in [5, 5.41) is 0. The smallest absolute Gasteiger partial charge is 0.358 e. The molecular formula is C6H8FIO3. The van der Waals surface area contributed by atoms with Crippen LogP contribution in [0.25, 0.3) is 0 Å². The molecule has 1 atom stereocenters. The molecule has 11 heavy (non-hydrogen) atoms. The second-order valence-corrected chi connectivity index (χ2v) is 2.94. The standard InChI is InChI=1S/C6H8FIO3/c1-2-3-4(9)11-6(10)5(7)8/h5H,2-3H2,1H3. The Kier molecular flexibility index (Phi) is 5.35. The molecule has 0 heterocycles. The monoisotopic (exact) mass is 274 g/mol. The van der Waals surface area contributed by atoms with Gasteiger partial charge in [-0.15, -0.1) is 0 Å². The van der Waals surface area contributed by atoms with Crippen molar-refractivity contribution in [2.45, 2.75) is 23.9 Å². The van der Waals surface area contributed by atoms with E-state index in [2.05, 4.69) is 4.74 Å². The molecule has 0 amide bonds. The zero-order valence-corrected chi connectivity index (χ0v) is 8.13. The molecule has 0 aliphatic carbocycles. The Hall–Kier alpha value is -0.200. The Bertz CT molecular complexity index is 158. The van der Waals surface area contributed by atoms with Crippen LogP contribution in [-0.4, -0.2) is 16.1 Å². The molecule has 1 unspecified atom stereocenters. The maximum atomic E-state index is 12.1. The van der Waals surface area contributed by atoms with Crippen molar-refractivity contribution in [2.75, 3.05) is 0 Å². The van der Waals surface area contributed by atoms with Gasteiger partial charge in [-0.05, 0) is 29.0 Å². The van der Waals surface area contributed by atoms with Gasteiger partial charge in [0.2, 0.25) is 4.18 Å². The number of hydrogen-bond acceptors (Lipinski definition) is 3. The van der Waals surface area contributed by atoms with Gasteiger partial charge in [-0.2, -0.15) is 0 Å². The van der Waals surface area contributed by atoms with Gasteiger partial charge in [0, 0.05) is 6.42 Å². The van der Waals surface area contributed by atoms with Crippen LogP contribution in [0, 0.1) is 0 Å². The summed E-state index contributed by atoms with van der Waals surface area (Å²) in [4.78, 5) is 20.9. The third-order valence-corrected chi connectivity index (χ3v) is 1.36. The van der Waals surface area contributed by atoms with Crippen molar-refractivity contribution < 1.29 is 18.7 Å². The molecule has 5 heteroatoms. The molecule has 0 saturated heterocycles. The van der Waals surface area contributed by atoms with E-state index in [0.717, 1.165) is 0 Å². The predicted octanol–water partition coefficient (Wildman–Crippen LogP) is 1.59. The van der Waals surface area contributed by atoms with Gasteiger partial charge in [0.25, 0.3) is 0 Å². The van der Waals surface area contributed by atoms with Gasteiger partial charge < -0.3 is 4.74 Å². The maximum absolute atomic E-state index is 12.1. The quantitative estimate of drug-likeness (QED) is 0.340. The SMILES string of the molecule is CCCC(=O)OC(=O)C(F)I. The zero-order chi connectivity index (χ0) is 8.85. The highest BCUT2D eigenvalue weighted by Crippen LogP contribution is 2.04. The van der Waals surface area contributed by atoms with Crippen molar-refractivity contribution in [3.63, 3.8) is 0 Å². The lowest BCUT2D eigenvalue weighted by molar-refractivity contribution is -0.160. The van der Waals surface area contributed by atoms with E-state index < -0.39 is 16.1 Å². The highest BCUT2D eigenvalue weighted by Gasteiger charge is 2.17. The molecule has 0 aromatic carbocycles. The fourth-order valence-electron chi connectivity index (χ4n) is 0.412. The van der Waals surface area contributed by atoms with E-state index in [9.17, 15) is 14.0 Å². The average molecular weight is 274 g/mol. The van der Waals surface area contributed by atoms with Crippen molar-refractivity contribution in [3.05, 3.63) is 0 Å². The van der Waals surface area contributed by atoms with Crippen LogP contribution in [0.15, 0.2) is 0 Å². The van der Waals surface area contributed by atoms with Crippen LogP contribution in [0.5, 0.6) is 0 Å². The van der Waals surface area contributed by atoms with Gasteiger partial charge in [0.1, 0.15) is 0 Å². The van der Waals surface area contributed by atoms with E-state index >= 15 is 0 Å². The lowest BCUT2D eigenvalue weighted by Gasteiger charge is -2.00. The molecule has 3 nitrogen and oxygen atoms in total. The minimum Gasteiger partial charge on any atom is -0.390 e. The number of esters is 2. The summed E-state index contributed by atoms with van der Waals surface area (Å²) in [6.07, 6.45) is 0.736. The molecule has 0 aromatic rings. The molecule has 0 aliphatic heterocycles. The second-order valence-electron chi connectivity index (χ2n) is 1.84. The minimum absolute atomic E-state index is 0.148. The minimum atomic E-state index is -1.76. The molecule has 0 spiro atoms. The molecule has 0 fully saturated rings. The van der Waals surface area contributed by atoms with Crippen molar-refractivity contribution in [1.82, 2.24) is 0 Å². The van der Waals surface area contributed by atoms with Crippen LogP contribution in [0.1, 0.15) is 19.8 Å². The number of alkyl halides is 2. The van der Waals surface area contributed by atoms with Gasteiger partial charge in [0.05, 0.1) is 0 Å². The van der Waals surface area contributed by atoms with Crippen LogP contribution < -0.4 is 0 Å². The molecule has 0 rings (SSSR count). The first-order chi connectivity index (χ1) is 5.07. The number of ether oxygens (including phenoxy) is 1. The van der Waals surface area contributed by atoms with Crippen LogP contribution in [0.4, 0.5) is 4.39 Å². The highest BCUT2D eigenvalue weighted by atomic mass is 127. The maximum Gasteiger partial charge on any atom is 0.358 e. The first-order valence-electron chi connectivity index (χ1n) is 3.10. The van der Waals surface area contributed by atoms with Gasteiger partial charge in [-0.25, -0.2) is 9.18 Å². The molecule has 0 saturated carbocycles. The fraction of sp³-hybridized carbons (Fsp3) is 0.667. The van der Waals surface area contributed by atoms with Crippen LogP contribution >= 0.6 is 22.6 Å². The van der Waals surface area contributed by atoms with E-state index in [0.29, 0.717) is 6.42 Å². The summed E-state index contributed by atoms with van der Waals surface area (Å²) in [6.45, 7) is 1.77. The number of rotatable bonds is 3. The number of carbonyl (C=O) groups is 2. The highest BCUT2D eigenvalue weighted by molar-refractivity contribution is 14.1. The van der Waals surface area contributed by atoms with Crippen molar-refractivity contribution in [3.8, 4) is 0 Å². The van der Waals surface area contributed by atoms with E-state index in [4.69, 9.17) is 0 Å². The van der Waals surface area contributed by atoms with Crippen molar-refractivity contribution >= 4 is 34.5 Å². The first-order valence-corrected chi connectivity index (χ1v) is 4.35. The summed E-state index contributed by atoms with van der Waals surface area (Å²) in [7, 11) is 0. The molecule has 0 aromatic heterocycles. The summed E-state index contributed by atoms with van der Waals surface area (Å²) >= 11 is 1.24. The Morgan fingerprint density at radius 3 is 2.55 bits per heavy atom. The third-order valence-electron chi connectivity index (χ3n) is 0.847. The summed E-state index contributed by atoms with van der Waals surface area (Å²) in [5.41, 5.74) is 0. The fourth-order valence-corrected chi connectivity index (χ4v) is 0.539. The van der Waals surface area contributed by atoms with Gasteiger partial charge >= 0.3 is 11.9 Å². The third kappa shape index (κ3) is 5.11. The van der Waals surface area contributed by atoms with Gasteiger partial charge in [0.15, 0.2) is 0 Å². The van der Waals surface area contributed by atoms with Crippen LogP contribution in [0.2, 0.25) is 0 Å². The largest absolute Gasteiger partial charge is 0.390 e. The molecule has 0 radical (unpaired) electrons. The number of carbonyl (C=O) groups excluding carboxylic acids is 2. The van der Waals surface area contributed by atoms with E-state index in [1.165, 1.54) is 22.6 Å². The molecule has 0 aliphatic rings. The Morgan fingerprint density at radius 1 is 1.64 bits per heavy atom. The van der Waals surface area contributed by atoms with Crippen molar-refractivity contribution in [1.29, 1.82) is 0 Å². The Balaban J connectivity index is 3.67. The van der Waals surface area contributed by atoms with E-state index in [-0.39, 0.29) is 6.42 Å². The number of halogens is 2. The van der Waals surface area contributed by atoms with Crippen LogP contribution in [-0.2, 0) is 14.3 Å². The molecule has 0 N–H and O–H groups in total. The summed E-state index contributed by atoms with van der Waals surface area (Å²) < 4.78 is 14.4. The topological polar surface area (TPSA) is 43.4 Å². The Labute approximate surface area is 77.4 Å². The van der Waals surface area contributed by atoms with E-state index in [1.807, 2.05) is 0 Å². The normalized spacial score (nSPS) is 12.3.